The van der Waals surface area contributed by atoms with Gasteiger partial charge in [-0.05, 0) is 29.2 Å². The van der Waals surface area contributed by atoms with Crippen LogP contribution in [0, 0.1) is 0 Å². The molecule has 32 heavy (non-hydrogen) atoms. The summed E-state index contributed by atoms with van der Waals surface area (Å²) in [4.78, 5) is 0. The van der Waals surface area contributed by atoms with Crippen LogP contribution in [0.3, 0.4) is 0 Å². The average molecular weight is 420 g/mol. The molecule has 0 aromatic heterocycles. The SMILES string of the molecule is C/C=C/[C@@H](O)[C@H](NC(c1ccccc1)(c1ccccc1)c1ccccc1)c1ccccc1. The third-order valence-corrected chi connectivity index (χ3v) is 5.88. The van der Waals surface area contributed by atoms with Gasteiger partial charge in [-0.3, -0.25) is 5.32 Å². The van der Waals surface area contributed by atoms with E-state index < -0.39 is 11.6 Å². The molecule has 0 spiro atoms. The van der Waals surface area contributed by atoms with Gasteiger partial charge < -0.3 is 5.11 Å². The molecule has 0 saturated carbocycles. The summed E-state index contributed by atoms with van der Waals surface area (Å²) in [5.41, 5.74) is 3.72. The summed E-state index contributed by atoms with van der Waals surface area (Å²) in [5, 5.41) is 15.1. The van der Waals surface area contributed by atoms with Crippen LogP contribution in [-0.4, -0.2) is 11.2 Å². The molecule has 4 aromatic carbocycles. The fourth-order valence-electron chi connectivity index (χ4n) is 4.38. The molecule has 0 amide bonds. The zero-order chi connectivity index (χ0) is 22.2. The summed E-state index contributed by atoms with van der Waals surface area (Å²) in [6.07, 6.45) is 3.05. The quantitative estimate of drug-likeness (QED) is 0.261. The van der Waals surface area contributed by atoms with Gasteiger partial charge in [-0.15, -0.1) is 0 Å². The summed E-state index contributed by atoms with van der Waals surface area (Å²) in [7, 11) is 0. The average Bonchev–Trinajstić information content (AvgIpc) is 2.87. The highest BCUT2D eigenvalue weighted by Gasteiger charge is 2.39. The van der Waals surface area contributed by atoms with Gasteiger partial charge in [0.2, 0.25) is 0 Å². The van der Waals surface area contributed by atoms with E-state index in [1.807, 2.05) is 55.5 Å². The molecule has 2 N–H and O–H groups in total. The lowest BCUT2D eigenvalue weighted by molar-refractivity contribution is 0.157. The van der Waals surface area contributed by atoms with Gasteiger partial charge in [0.15, 0.2) is 0 Å². The Balaban J connectivity index is 1.98. The molecule has 0 aliphatic carbocycles. The number of aliphatic hydroxyl groups is 1. The largest absolute Gasteiger partial charge is 0.387 e. The molecule has 0 radical (unpaired) electrons. The summed E-state index contributed by atoms with van der Waals surface area (Å²) in [6.45, 7) is 1.93. The molecule has 0 fully saturated rings. The highest BCUT2D eigenvalue weighted by molar-refractivity contribution is 5.50. The Hall–Kier alpha value is -3.46. The monoisotopic (exact) mass is 419 g/mol. The summed E-state index contributed by atoms with van der Waals surface area (Å²) < 4.78 is 0. The Labute approximate surface area is 190 Å². The second kappa shape index (κ2) is 10.2. The van der Waals surface area contributed by atoms with E-state index in [0.717, 1.165) is 22.3 Å². The van der Waals surface area contributed by atoms with Gasteiger partial charge >= 0.3 is 0 Å². The van der Waals surface area contributed by atoms with Gasteiger partial charge in [-0.2, -0.15) is 0 Å². The molecule has 160 valence electrons. The van der Waals surface area contributed by atoms with E-state index in [1.54, 1.807) is 0 Å². The normalized spacial score (nSPS) is 13.7. The number of nitrogens with one attached hydrogen (secondary N) is 1. The predicted molar refractivity (Wildman–Crippen MR) is 132 cm³/mol. The summed E-state index contributed by atoms with van der Waals surface area (Å²) >= 11 is 0. The standard InChI is InChI=1S/C30H29NO/c1-2-15-28(32)29(24-16-7-3-8-17-24)31-30(25-18-9-4-10-19-25,26-20-11-5-12-21-26)27-22-13-6-14-23-27/h2-23,28-29,31-32H,1H3/b15-2+/t28-,29-/m1/s1. The van der Waals surface area contributed by atoms with Crippen LogP contribution >= 0.6 is 0 Å². The molecule has 0 bridgehead atoms. The van der Waals surface area contributed by atoms with Gasteiger partial charge in [-0.25, -0.2) is 0 Å². The summed E-state index contributed by atoms with van der Waals surface area (Å²) in [5.74, 6) is 0. The number of allylic oxidation sites excluding steroid dienone is 1. The van der Waals surface area contributed by atoms with Crippen molar-refractivity contribution in [2.75, 3.05) is 0 Å². The van der Waals surface area contributed by atoms with Crippen LogP contribution in [0.15, 0.2) is 133 Å². The van der Waals surface area contributed by atoms with Crippen LogP contribution < -0.4 is 5.32 Å². The molecule has 0 aliphatic rings. The maximum Gasteiger partial charge on any atom is 0.0953 e. The lowest BCUT2D eigenvalue weighted by Crippen LogP contribution is -2.49. The zero-order valence-corrected chi connectivity index (χ0v) is 18.3. The van der Waals surface area contributed by atoms with Crippen LogP contribution in [0.5, 0.6) is 0 Å². The lowest BCUT2D eigenvalue weighted by atomic mass is 9.75. The third-order valence-electron chi connectivity index (χ3n) is 5.88. The van der Waals surface area contributed by atoms with Gasteiger partial charge in [-0.1, -0.05) is 133 Å². The number of benzene rings is 4. The fourth-order valence-corrected chi connectivity index (χ4v) is 4.38. The van der Waals surface area contributed by atoms with Crippen molar-refractivity contribution < 1.29 is 5.11 Å². The van der Waals surface area contributed by atoms with Gasteiger partial charge in [0.05, 0.1) is 17.7 Å². The Bertz CT molecular complexity index is 1010. The fraction of sp³-hybridized carbons (Fsp3) is 0.133. The minimum absolute atomic E-state index is 0.326. The van der Waals surface area contributed by atoms with Crippen LogP contribution in [0.4, 0.5) is 0 Å². The van der Waals surface area contributed by atoms with Crippen molar-refractivity contribution >= 4 is 0 Å². The Morgan fingerprint density at radius 1 is 0.625 bits per heavy atom. The predicted octanol–water partition coefficient (Wildman–Crippen LogP) is 6.25. The van der Waals surface area contributed by atoms with Crippen molar-refractivity contribution in [2.45, 2.75) is 24.6 Å². The second-order valence-electron chi connectivity index (χ2n) is 7.90. The number of hydrogen-bond donors (Lipinski definition) is 2. The highest BCUT2D eigenvalue weighted by atomic mass is 16.3. The second-order valence-corrected chi connectivity index (χ2v) is 7.90. The Morgan fingerprint density at radius 3 is 1.38 bits per heavy atom. The molecule has 0 unspecified atom stereocenters. The molecule has 0 saturated heterocycles. The highest BCUT2D eigenvalue weighted by Crippen LogP contribution is 2.39. The van der Waals surface area contributed by atoms with Crippen LogP contribution in [0.25, 0.3) is 0 Å². The van der Waals surface area contributed by atoms with Gasteiger partial charge in [0.25, 0.3) is 0 Å². The molecular weight excluding hydrogens is 390 g/mol. The van der Waals surface area contributed by atoms with Crippen molar-refractivity contribution in [2.24, 2.45) is 0 Å². The van der Waals surface area contributed by atoms with Gasteiger partial charge in [0, 0.05) is 0 Å². The maximum atomic E-state index is 11.2. The van der Waals surface area contributed by atoms with E-state index in [4.69, 9.17) is 0 Å². The van der Waals surface area contributed by atoms with Crippen molar-refractivity contribution in [3.05, 3.63) is 156 Å². The van der Waals surface area contributed by atoms with E-state index in [9.17, 15) is 5.11 Å². The van der Waals surface area contributed by atoms with Crippen molar-refractivity contribution in [3.63, 3.8) is 0 Å². The number of rotatable bonds is 8. The molecule has 2 atom stereocenters. The molecule has 0 aliphatic heterocycles. The van der Waals surface area contributed by atoms with Crippen LogP contribution in [0.1, 0.15) is 35.2 Å². The first-order valence-electron chi connectivity index (χ1n) is 11.1. The summed E-state index contributed by atoms with van der Waals surface area (Å²) in [6, 6.07) is 41.2. The van der Waals surface area contributed by atoms with Crippen molar-refractivity contribution in [1.82, 2.24) is 5.32 Å². The van der Waals surface area contributed by atoms with E-state index in [-0.39, 0.29) is 6.04 Å². The minimum Gasteiger partial charge on any atom is -0.387 e. The van der Waals surface area contributed by atoms with Crippen LogP contribution in [0.2, 0.25) is 0 Å². The van der Waals surface area contributed by atoms with Crippen molar-refractivity contribution in [3.8, 4) is 0 Å². The topological polar surface area (TPSA) is 32.3 Å². The lowest BCUT2D eigenvalue weighted by Gasteiger charge is -2.41. The molecular formula is C30H29NO. The number of hydrogen-bond acceptors (Lipinski definition) is 2. The smallest absolute Gasteiger partial charge is 0.0953 e. The molecule has 2 nitrogen and oxygen atoms in total. The molecule has 4 rings (SSSR count). The third kappa shape index (κ3) is 4.43. The van der Waals surface area contributed by atoms with Crippen LogP contribution in [-0.2, 0) is 5.54 Å². The maximum absolute atomic E-state index is 11.2. The first-order chi connectivity index (χ1) is 15.8. The first kappa shape index (κ1) is 21.8. The van der Waals surface area contributed by atoms with E-state index in [0.29, 0.717) is 0 Å². The first-order valence-corrected chi connectivity index (χ1v) is 11.1. The van der Waals surface area contributed by atoms with E-state index in [2.05, 4.69) is 90.2 Å². The molecule has 4 aromatic rings. The van der Waals surface area contributed by atoms with E-state index >= 15 is 0 Å². The van der Waals surface area contributed by atoms with Gasteiger partial charge in [0.1, 0.15) is 0 Å². The minimum atomic E-state index is -0.696. The molecule has 0 heterocycles. The zero-order valence-electron chi connectivity index (χ0n) is 18.3. The number of aliphatic hydroxyl groups excluding tert-OH is 1. The van der Waals surface area contributed by atoms with Crippen molar-refractivity contribution in [1.29, 1.82) is 0 Å². The van der Waals surface area contributed by atoms with E-state index in [1.165, 1.54) is 0 Å². The Kier molecular flexibility index (Phi) is 6.96. The molecule has 2 heteroatoms. The Morgan fingerprint density at radius 2 is 1.00 bits per heavy atom.